The van der Waals surface area contributed by atoms with E-state index < -0.39 is 0 Å². The number of rotatable bonds is 3. The summed E-state index contributed by atoms with van der Waals surface area (Å²) in [6.07, 6.45) is 0.840. The summed E-state index contributed by atoms with van der Waals surface area (Å²) in [5.41, 5.74) is 4.52. The van der Waals surface area contributed by atoms with Crippen LogP contribution in [0, 0.1) is 0 Å². The Morgan fingerprint density at radius 3 is 2.52 bits per heavy atom. The van der Waals surface area contributed by atoms with Crippen molar-refractivity contribution in [2.45, 2.75) is 32.2 Å². The average molecular weight is 313 g/mol. The summed E-state index contributed by atoms with van der Waals surface area (Å²) in [5, 5.41) is 23.2. The van der Waals surface area contributed by atoms with Gasteiger partial charge in [0.1, 0.15) is 5.75 Å². The predicted octanol–water partition coefficient (Wildman–Crippen LogP) is 3.46. The fourth-order valence-corrected chi connectivity index (χ4v) is 3.30. The Balaban J connectivity index is 2.12. The van der Waals surface area contributed by atoms with Gasteiger partial charge in [-0.25, -0.2) is 0 Å². The molecule has 0 saturated carbocycles. The van der Waals surface area contributed by atoms with Gasteiger partial charge < -0.3 is 20.3 Å². The first-order valence-electron chi connectivity index (χ1n) is 7.97. The maximum absolute atomic E-state index is 9.90. The Hall–Kier alpha value is -2.20. The lowest BCUT2D eigenvalue weighted by molar-refractivity contribution is 0.400. The third-order valence-corrected chi connectivity index (χ3v) is 4.52. The molecule has 3 rings (SSSR count). The molecule has 0 spiro atoms. The Morgan fingerprint density at radius 2 is 1.83 bits per heavy atom. The highest BCUT2D eigenvalue weighted by molar-refractivity contribution is 5.52. The zero-order valence-corrected chi connectivity index (χ0v) is 13.8. The van der Waals surface area contributed by atoms with Crippen molar-refractivity contribution in [3.05, 3.63) is 52.6 Å². The van der Waals surface area contributed by atoms with Crippen LogP contribution >= 0.6 is 0 Å². The van der Waals surface area contributed by atoms with Crippen molar-refractivity contribution in [3.8, 4) is 17.2 Å². The number of hydrogen-bond acceptors (Lipinski definition) is 4. The van der Waals surface area contributed by atoms with Crippen molar-refractivity contribution in [2.75, 3.05) is 13.7 Å². The molecule has 2 aromatic rings. The molecule has 2 aromatic carbocycles. The molecule has 0 aromatic heterocycles. The van der Waals surface area contributed by atoms with E-state index in [1.165, 1.54) is 11.1 Å². The van der Waals surface area contributed by atoms with Gasteiger partial charge in [-0.2, -0.15) is 0 Å². The maximum Gasteiger partial charge on any atom is 0.157 e. The predicted molar refractivity (Wildman–Crippen MR) is 90.4 cm³/mol. The van der Waals surface area contributed by atoms with Crippen molar-refractivity contribution in [1.82, 2.24) is 5.32 Å². The molecule has 0 bridgehead atoms. The van der Waals surface area contributed by atoms with Crippen LogP contribution in [-0.2, 0) is 6.42 Å². The van der Waals surface area contributed by atoms with E-state index in [1.54, 1.807) is 19.2 Å². The summed E-state index contributed by atoms with van der Waals surface area (Å²) < 4.78 is 5.36. The summed E-state index contributed by atoms with van der Waals surface area (Å²) in [7, 11) is 1.67. The van der Waals surface area contributed by atoms with Crippen LogP contribution in [0.4, 0.5) is 0 Å². The van der Waals surface area contributed by atoms with Gasteiger partial charge in [-0.15, -0.1) is 0 Å². The monoisotopic (exact) mass is 313 g/mol. The number of phenols is 2. The number of aromatic hydroxyl groups is 2. The number of benzene rings is 2. The van der Waals surface area contributed by atoms with Crippen LogP contribution in [0.1, 0.15) is 48.1 Å². The lowest BCUT2D eigenvalue weighted by Crippen LogP contribution is -2.31. The summed E-state index contributed by atoms with van der Waals surface area (Å²) in [6.45, 7) is 5.16. The van der Waals surface area contributed by atoms with Crippen LogP contribution in [0.15, 0.2) is 30.3 Å². The molecule has 1 aliphatic rings. The van der Waals surface area contributed by atoms with Gasteiger partial charge in [0.05, 0.1) is 13.2 Å². The average Bonchev–Trinajstić information content (AvgIpc) is 2.55. The summed E-state index contributed by atoms with van der Waals surface area (Å²) >= 11 is 0. The van der Waals surface area contributed by atoms with Crippen molar-refractivity contribution >= 4 is 0 Å². The van der Waals surface area contributed by atoms with E-state index in [0.29, 0.717) is 5.92 Å². The first kappa shape index (κ1) is 15.7. The first-order chi connectivity index (χ1) is 11.0. The minimum absolute atomic E-state index is 0.00792. The normalized spacial score (nSPS) is 17.1. The summed E-state index contributed by atoms with van der Waals surface area (Å²) in [5.74, 6) is 1.08. The highest BCUT2D eigenvalue weighted by Crippen LogP contribution is 2.39. The van der Waals surface area contributed by atoms with Gasteiger partial charge in [-0.3, -0.25) is 0 Å². The quantitative estimate of drug-likeness (QED) is 0.759. The molecule has 0 fully saturated rings. The zero-order chi connectivity index (χ0) is 16.6. The van der Waals surface area contributed by atoms with E-state index in [9.17, 15) is 10.2 Å². The van der Waals surface area contributed by atoms with E-state index in [1.807, 2.05) is 6.07 Å². The second-order valence-electron chi connectivity index (χ2n) is 6.33. The lowest BCUT2D eigenvalue weighted by Gasteiger charge is -2.30. The molecule has 3 N–H and O–H groups in total. The molecule has 1 aliphatic heterocycles. The van der Waals surface area contributed by atoms with Crippen LogP contribution in [-0.4, -0.2) is 23.9 Å². The lowest BCUT2D eigenvalue weighted by atomic mass is 9.84. The first-order valence-corrected chi connectivity index (χ1v) is 7.97. The topological polar surface area (TPSA) is 61.7 Å². The molecule has 4 heteroatoms. The number of nitrogens with one attached hydrogen (secondary N) is 1. The van der Waals surface area contributed by atoms with E-state index in [0.717, 1.165) is 29.8 Å². The Morgan fingerprint density at radius 1 is 1.09 bits per heavy atom. The van der Waals surface area contributed by atoms with Crippen LogP contribution in [0.3, 0.4) is 0 Å². The molecule has 1 unspecified atom stereocenters. The molecule has 1 atom stereocenters. The minimum atomic E-state index is -0.0722. The van der Waals surface area contributed by atoms with E-state index >= 15 is 0 Å². The highest BCUT2D eigenvalue weighted by atomic mass is 16.5. The van der Waals surface area contributed by atoms with E-state index in [2.05, 4.69) is 31.3 Å². The third-order valence-electron chi connectivity index (χ3n) is 4.52. The van der Waals surface area contributed by atoms with Crippen molar-refractivity contribution in [1.29, 1.82) is 0 Å². The second-order valence-corrected chi connectivity index (χ2v) is 6.33. The molecule has 0 aliphatic carbocycles. The number of phenolic OH excluding ortho intramolecular Hbond substituents is 2. The van der Waals surface area contributed by atoms with Gasteiger partial charge in [0.15, 0.2) is 11.5 Å². The fraction of sp³-hybridized carbons (Fsp3) is 0.368. The number of fused-ring (bicyclic) bond motifs is 1. The standard InChI is InChI=1S/C19H23NO3/c1-11(2)15-9-13(23-3)4-5-14(15)19-16-10-18(22)17(21)8-12(16)6-7-20-19/h4-5,8-11,19-22H,6-7H2,1-3H3. The zero-order valence-electron chi connectivity index (χ0n) is 13.8. The Labute approximate surface area is 136 Å². The number of ether oxygens (including phenoxy) is 1. The molecule has 1 heterocycles. The molecule has 23 heavy (non-hydrogen) atoms. The Kier molecular flexibility index (Phi) is 4.18. The van der Waals surface area contributed by atoms with Gasteiger partial charge >= 0.3 is 0 Å². The smallest absolute Gasteiger partial charge is 0.157 e. The molecule has 0 saturated heterocycles. The van der Waals surface area contributed by atoms with Gasteiger partial charge in [0.25, 0.3) is 0 Å². The van der Waals surface area contributed by atoms with Gasteiger partial charge in [-0.05, 0) is 58.9 Å². The second kappa shape index (κ2) is 6.13. The van der Waals surface area contributed by atoms with Crippen LogP contribution in [0.25, 0.3) is 0 Å². The largest absolute Gasteiger partial charge is 0.504 e. The number of methoxy groups -OCH3 is 1. The molecule has 4 nitrogen and oxygen atoms in total. The summed E-state index contributed by atoms with van der Waals surface area (Å²) in [6, 6.07) is 9.50. The molecule has 122 valence electrons. The molecule has 0 radical (unpaired) electrons. The van der Waals surface area contributed by atoms with Crippen molar-refractivity contribution in [3.63, 3.8) is 0 Å². The van der Waals surface area contributed by atoms with Gasteiger partial charge in [-0.1, -0.05) is 19.9 Å². The molecule has 0 amide bonds. The maximum atomic E-state index is 9.90. The highest BCUT2D eigenvalue weighted by Gasteiger charge is 2.25. The summed E-state index contributed by atoms with van der Waals surface area (Å²) in [4.78, 5) is 0. The Bertz CT molecular complexity index is 725. The molecular weight excluding hydrogens is 290 g/mol. The van der Waals surface area contributed by atoms with Crippen molar-refractivity contribution < 1.29 is 14.9 Å². The van der Waals surface area contributed by atoms with Gasteiger partial charge in [0, 0.05) is 6.54 Å². The van der Waals surface area contributed by atoms with Crippen LogP contribution in [0.2, 0.25) is 0 Å². The minimum Gasteiger partial charge on any atom is -0.504 e. The van der Waals surface area contributed by atoms with E-state index in [4.69, 9.17) is 4.74 Å². The van der Waals surface area contributed by atoms with E-state index in [-0.39, 0.29) is 17.5 Å². The third kappa shape index (κ3) is 2.86. The fourth-order valence-electron chi connectivity index (χ4n) is 3.30. The SMILES string of the molecule is COc1ccc(C2NCCc3cc(O)c(O)cc32)c(C(C)C)c1. The van der Waals surface area contributed by atoms with Crippen molar-refractivity contribution in [2.24, 2.45) is 0 Å². The number of hydrogen-bond donors (Lipinski definition) is 3. The van der Waals surface area contributed by atoms with Crippen LogP contribution < -0.4 is 10.1 Å². The molecular formula is C19H23NO3. The van der Waals surface area contributed by atoms with Gasteiger partial charge in [0.2, 0.25) is 0 Å². The van der Waals surface area contributed by atoms with Crippen LogP contribution in [0.5, 0.6) is 17.2 Å².